The lowest BCUT2D eigenvalue weighted by Gasteiger charge is -2.16. The summed E-state index contributed by atoms with van der Waals surface area (Å²) in [6.45, 7) is 28.4. The first kappa shape index (κ1) is 146. The fraction of sp³-hybridized carbons (Fsp3) is 0.557. The van der Waals surface area contributed by atoms with Gasteiger partial charge in [-0.05, 0) is 115 Å². The third-order valence-corrected chi connectivity index (χ3v) is 13.9. The molecule has 6 atom stereocenters. The van der Waals surface area contributed by atoms with Crippen molar-refractivity contribution in [1.29, 1.82) is 10.8 Å². The molecule has 32 heteroatoms. The van der Waals surface area contributed by atoms with Crippen LogP contribution in [-0.2, 0) is 90.8 Å². The Morgan fingerprint density at radius 1 is 0.433 bits per heavy atom. The smallest absolute Gasteiger partial charge is 0.381 e. The zero-order valence-corrected chi connectivity index (χ0v) is 68.4. The Hall–Kier alpha value is -11.7. The molecule has 0 bridgehead atoms. The number of para-hydroxylation sites is 2. The Bertz CT molecular complexity index is 3190. The number of carbonyl (C=O) groups excluding carboxylic acids is 14. The van der Waals surface area contributed by atoms with E-state index in [-0.39, 0.29) is 143 Å². The predicted octanol–water partition coefficient (Wildman–Crippen LogP) is 18.4. The first-order chi connectivity index (χ1) is 52.9. The van der Waals surface area contributed by atoms with E-state index in [0.717, 1.165) is 89.7 Å². The van der Waals surface area contributed by atoms with E-state index < -0.39 is 35.1 Å². The summed E-state index contributed by atoms with van der Waals surface area (Å²) in [5.41, 5.74) is 3.57. The van der Waals surface area contributed by atoms with E-state index in [1.54, 1.807) is 68.5 Å². The first-order valence-corrected chi connectivity index (χ1v) is 35.2. The summed E-state index contributed by atoms with van der Waals surface area (Å²) in [4.78, 5) is 158. The third-order valence-electron chi connectivity index (χ3n) is 13.9. The van der Waals surface area contributed by atoms with Gasteiger partial charge in [-0.1, -0.05) is 236 Å². The van der Waals surface area contributed by atoms with Crippen molar-refractivity contribution in [3.8, 4) is 11.5 Å². The molecule has 3 aromatic carbocycles. The SMILES string of the molecule is C.C.C.C.C.C.C.C.C=CC[C@@H](C(=O)OC)[N+](=O)[O-].COC(=O)/C(C)=C\C=C(C)C.COC(=O)[C@@H](C)CC=C(C)C.COC(=O)[C@@H](C)CCCC[C@@H](C)[N+](=O)[O-].COC(=O)[C@H](CCCCC(C)C)NC(=O)c1ccccc1.COC(=O)[C@H](CCCCC(C)C)NC(C)=O.N=COc1ccccc1.N=COc1ccccc1.O=C=O.O=C=O.O=C=O. The molecular formula is C88H152N6O26. The highest BCUT2D eigenvalue weighted by Crippen LogP contribution is 2.15. The maximum atomic E-state index is 12.1. The van der Waals surface area contributed by atoms with Crippen molar-refractivity contribution in [2.75, 3.05) is 42.7 Å². The molecule has 2 amide bonds. The van der Waals surface area contributed by atoms with Crippen LogP contribution in [0.3, 0.4) is 0 Å². The number of ether oxygens (including phenoxy) is 8. The topological polar surface area (TPSA) is 471 Å². The molecule has 32 nitrogen and oxygen atoms in total. The van der Waals surface area contributed by atoms with Gasteiger partial charge in [0.15, 0.2) is 12.8 Å². The first-order valence-electron chi connectivity index (χ1n) is 35.2. The molecule has 4 N–H and O–H groups in total. The Morgan fingerprint density at radius 2 is 0.767 bits per heavy atom. The molecular weight excluding hydrogens is 1560 g/mol. The van der Waals surface area contributed by atoms with Gasteiger partial charge >= 0.3 is 60.3 Å². The second kappa shape index (κ2) is 103. The molecule has 0 fully saturated rings. The molecule has 0 saturated carbocycles. The van der Waals surface area contributed by atoms with Crippen LogP contribution in [0.1, 0.15) is 250 Å². The van der Waals surface area contributed by atoms with Gasteiger partial charge in [-0.3, -0.25) is 50.2 Å². The minimum absolute atomic E-state index is 0. The molecule has 3 aromatic rings. The number of hydrogen-bond acceptors (Lipinski definition) is 28. The number of amides is 2. The van der Waals surface area contributed by atoms with Crippen LogP contribution in [0.2, 0.25) is 0 Å². The lowest BCUT2D eigenvalue weighted by molar-refractivity contribution is -0.519. The summed E-state index contributed by atoms with van der Waals surface area (Å²) in [5, 5.41) is 39.0. The minimum atomic E-state index is -1.31. The zero-order valence-electron chi connectivity index (χ0n) is 68.4. The van der Waals surface area contributed by atoms with Gasteiger partial charge in [-0.15, -0.1) is 6.58 Å². The number of methoxy groups -OCH3 is 6. The Balaban J connectivity index is -0.0000000727. The maximum absolute atomic E-state index is 12.1. The predicted molar refractivity (Wildman–Crippen MR) is 471 cm³/mol. The molecule has 0 radical (unpaired) electrons. The maximum Gasteiger partial charge on any atom is 0.381 e. The van der Waals surface area contributed by atoms with Gasteiger partial charge in [0.2, 0.25) is 11.9 Å². The van der Waals surface area contributed by atoms with Crippen molar-refractivity contribution in [1.82, 2.24) is 10.6 Å². The second-order valence-electron chi connectivity index (χ2n) is 24.6. The Labute approximate surface area is 717 Å². The summed E-state index contributed by atoms with van der Waals surface area (Å²) >= 11 is 0. The highest BCUT2D eigenvalue weighted by Gasteiger charge is 2.29. The van der Waals surface area contributed by atoms with Crippen molar-refractivity contribution in [3.63, 3.8) is 0 Å². The molecule has 120 heavy (non-hydrogen) atoms. The highest BCUT2D eigenvalue weighted by molar-refractivity contribution is 5.96. The van der Waals surface area contributed by atoms with E-state index in [9.17, 15) is 58.6 Å². The van der Waals surface area contributed by atoms with E-state index in [2.05, 4.69) is 68.6 Å². The summed E-state index contributed by atoms with van der Waals surface area (Å²) in [6.07, 6.45) is 20.7. The monoisotopic (exact) mass is 1710 g/mol. The summed E-state index contributed by atoms with van der Waals surface area (Å²) in [7, 11) is 7.96. The molecule has 0 unspecified atom stereocenters. The van der Waals surface area contributed by atoms with Gasteiger partial charge in [-0.2, -0.15) is 28.8 Å². The standard InChI is InChI=1S/C17H25NO3.C12H23NO3.C10H19NO4.C9H16O2.C9H14O2.2C7H7NO.C6H9NO4.3CO2.8CH4/c1-13(2)9-7-8-12-15(17(20)21-3)18-16(19)14-10-5-4-6-11-14;1-9(2)7-5-6-8-11(12(15)16-4)13-10(3)14;1-8(10(12)15-3)6-4-5-7-9(2)11(13)14;2*1-7(2)5-6-8(3)9(10)11-4;2*8-6-9-7-4-2-1-3-5-7;1-3-4-5(7(9)10)6(8)11-2;3*2-1-3;;;;;;;;/h4-6,10-11,13,15H,7-9,12H2,1-3H3,(H,18,19);9,11H,5-8H2,1-4H3,(H,13,14);8-9H,4-7H2,1-3H3;5,8H,6H2,1-4H3;5-6H,1-4H3;2*1-6,8H;3,5H,1,4H2,2H3;;;;8*1H4/b;;;;8-6-;;;;;;;;;;;;;;/t15-;11-;8-,9+;8-;;;;5-;;;;;;;;;;;/m0000...0.........../s1. The number of carbonyl (C=O) groups is 8. The van der Waals surface area contributed by atoms with E-state index in [4.69, 9.17) is 53.8 Å². The fourth-order valence-corrected chi connectivity index (χ4v) is 7.90. The number of allylic oxidation sites excluding steroid dienone is 5. The van der Waals surface area contributed by atoms with E-state index in [1.807, 2.05) is 96.2 Å². The minimum Gasteiger partial charge on any atom is -0.469 e. The van der Waals surface area contributed by atoms with Crippen LogP contribution in [0.5, 0.6) is 11.5 Å². The second-order valence-corrected chi connectivity index (χ2v) is 24.6. The third kappa shape index (κ3) is 100. The summed E-state index contributed by atoms with van der Waals surface area (Å²) in [6, 6.07) is 24.5. The van der Waals surface area contributed by atoms with Crippen LogP contribution < -0.4 is 20.1 Å². The van der Waals surface area contributed by atoms with Crippen LogP contribution in [0.15, 0.2) is 139 Å². The van der Waals surface area contributed by atoms with Gasteiger partial charge in [-0.25, -0.2) is 19.2 Å². The number of benzene rings is 3. The number of nitrogens with one attached hydrogen (secondary N) is 4. The van der Waals surface area contributed by atoms with Crippen LogP contribution in [0, 0.1) is 54.7 Å². The van der Waals surface area contributed by atoms with Crippen LogP contribution in [0.4, 0.5) is 0 Å². The number of rotatable bonds is 35. The van der Waals surface area contributed by atoms with E-state index in [1.165, 1.54) is 54.1 Å². The number of nitro groups is 2. The molecule has 0 saturated heterocycles. The average molecular weight is 1710 g/mol. The van der Waals surface area contributed by atoms with Gasteiger partial charge in [0.05, 0.1) is 54.5 Å². The average Bonchev–Trinajstić information content (AvgIpc) is 0.886. The molecule has 0 aromatic heterocycles. The van der Waals surface area contributed by atoms with E-state index >= 15 is 0 Å². The Morgan fingerprint density at radius 3 is 1.07 bits per heavy atom. The van der Waals surface area contributed by atoms with Gasteiger partial charge in [0.1, 0.15) is 23.6 Å². The number of nitrogens with zero attached hydrogens (tertiary/aromatic N) is 2. The molecule has 690 valence electrons. The molecule has 0 aliphatic heterocycles. The lowest BCUT2D eigenvalue weighted by atomic mass is 10.0. The molecule has 0 aliphatic rings. The van der Waals surface area contributed by atoms with Crippen molar-refractivity contribution in [2.45, 2.75) is 263 Å². The van der Waals surface area contributed by atoms with Crippen LogP contribution in [-0.4, -0.2) is 156 Å². The van der Waals surface area contributed by atoms with Crippen molar-refractivity contribution < 1.29 is 115 Å². The van der Waals surface area contributed by atoms with Crippen LogP contribution >= 0.6 is 0 Å². The number of unbranched alkanes of at least 4 members (excludes halogenated alkanes) is 3. The highest BCUT2D eigenvalue weighted by atomic mass is 16.6. The molecule has 0 aliphatic carbocycles. The zero-order chi connectivity index (χ0) is 87.8. The number of esters is 6. The summed E-state index contributed by atoms with van der Waals surface area (Å²) in [5.74, 6) is -0.0384. The molecule has 3 rings (SSSR count). The largest absolute Gasteiger partial charge is 0.469 e. The summed E-state index contributed by atoms with van der Waals surface area (Å²) < 4.78 is 36.8. The quantitative estimate of drug-likeness (QED) is 0.00406. The van der Waals surface area contributed by atoms with Crippen LogP contribution in [0.25, 0.3) is 0 Å². The lowest BCUT2D eigenvalue weighted by Crippen LogP contribution is -2.41. The van der Waals surface area contributed by atoms with Crippen molar-refractivity contribution >= 4 is 78.9 Å². The van der Waals surface area contributed by atoms with Gasteiger partial charge in [0, 0.05) is 47.7 Å². The fourth-order valence-electron chi connectivity index (χ4n) is 7.90. The normalized spacial score (nSPS) is 10.2. The van der Waals surface area contributed by atoms with E-state index in [0.29, 0.717) is 53.7 Å². The van der Waals surface area contributed by atoms with Crippen molar-refractivity contribution in [2.24, 2.45) is 23.7 Å². The Kier molecular flexibility index (Phi) is 126. The van der Waals surface area contributed by atoms with Gasteiger partial charge in [0.25, 0.3) is 5.91 Å². The van der Waals surface area contributed by atoms with Crippen molar-refractivity contribution in [3.05, 3.63) is 164 Å². The molecule has 0 spiro atoms. The molecule has 0 heterocycles. The number of hydrogen-bond donors (Lipinski definition) is 4. The van der Waals surface area contributed by atoms with Gasteiger partial charge < -0.3 is 48.5 Å².